The van der Waals surface area contributed by atoms with Crippen LogP contribution in [0, 0.1) is 17.7 Å². The van der Waals surface area contributed by atoms with Crippen molar-refractivity contribution in [1.82, 2.24) is 5.32 Å². The summed E-state index contributed by atoms with van der Waals surface area (Å²) in [5, 5.41) is 3.68. The Morgan fingerprint density at radius 2 is 1.95 bits per heavy atom. The fraction of sp³-hybridized carbons (Fsp3) is 0.647. The van der Waals surface area contributed by atoms with Crippen molar-refractivity contribution in [2.24, 2.45) is 11.8 Å². The predicted octanol–water partition coefficient (Wildman–Crippen LogP) is 4.69. The molecule has 1 N–H and O–H groups in total. The van der Waals surface area contributed by atoms with E-state index < -0.39 is 0 Å². The van der Waals surface area contributed by atoms with Crippen molar-refractivity contribution in [3.63, 3.8) is 0 Å². The van der Waals surface area contributed by atoms with Crippen molar-refractivity contribution < 1.29 is 4.39 Å². The number of hydrogen-bond acceptors (Lipinski definition) is 1. The van der Waals surface area contributed by atoms with Crippen LogP contribution in [-0.4, -0.2) is 12.6 Å². The van der Waals surface area contributed by atoms with Crippen LogP contribution < -0.4 is 5.32 Å². The maximum atomic E-state index is 13.7. The molecular formula is C17H23BrFN. The van der Waals surface area contributed by atoms with E-state index in [0.717, 1.165) is 30.5 Å². The summed E-state index contributed by atoms with van der Waals surface area (Å²) in [5.41, 5.74) is 1.12. The molecule has 1 atom stereocenters. The van der Waals surface area contributed by atoms with E-state index in [2.05, 4.69) is 27.3 Å². The van der Waals surface area contributed by atoms with Gasteiger partial charge in [0.1, 0.15) is 5.82 Å². The molecule has 0 aliphatic heterocycles. The standard InChI is InChI=1S/C17H23BrFN/c18-17-13(6-3-7-16(17)19)10-14(11-20-15-8-9-15)12-4-1-2-5-12/h3,6-7,12,14-15,20H,1-2,4-5,8-11H2. The first-order valence-electron chi connectivity index (χ1n) is 7.90. The second-order valence-corrected chi connectivity index (χ2v) is 7.20. The van der Waals surface area contributed by atoms with E-state index in [1.54, 1.807) is 0 Å². The minimum atomic E-state index is -0.136. The largest absolute Gasteiger partial charge is 0.314 e. The van der Waals surface area contributed by atoms with Crippen LogP contribution in [0.15, 0.2) is 22.7 Å². The molecule has 0 heterocycles. The van der Waals surface area contributed by atoms with Crippen LogP contribution in [0.1, 0.15) is 44.1 Å². The van der Waals surface area contributed by atoms with Crippen LogP contribution in [0.4, 0.5) is 4.39 Å². The van der Waals surface area contributed by atoms with Gasteiger partial charge in [-0.3, -0.25) is 0 Å². The maximum absolute atomic E-state index is 13.7. The first kappa shape index (κ1) is 14.5. The molecule has 110 valence electrons. The molecule has 3 rings (SSSR count). The highest BCUT2D eigenvalue weighted by atomic mass is 79.9. The predicted molar refractivity (Wildman–Crippen MR) is 84.3 cm³/mol. The van der Waals surface area contributed by atoms with Crippen LogP contribution in [0.3, 0.4) is 0 Å². The van der Waals surface area contributed by atoms with Gasteiger partial charge in [0.05, 0.1) is 4.47 Å². The molecule has 0 spiro atoms. The summed E-state index contributed by atoms with van der Waals surface area (Å²) in [6.07, 6.45) is 9.10. The van der Waals surface area contributed by atoms with Crippen LogP contribution in [0.5, 0.6) is 0 Å². The van der Waals surface area contributed by atoms with Crippen molar-refractivity contribution in [3.8, 4) is 0 Å². The van der Waals surface area contributed by atoms with Crippen LogP contribution >= 0.6 is 15.9 Å². The highest BCUT2D eigenvalue weighted by Gasteiger charge is 2.28. The Morgan fingerprint density at radius 3 is 2.65 bits per heavy atom. The summed E-state index contributed by atoms with van der Waals surface area (Å²) in [7, 11) is 0. The van der Waals surface area contributed by atoms with Crippen molar-refractivity contribution in [2.75, 3.05) is 6.54 Å². The lowest BCUT2D eigenvalue weighted by Crippen LogP contribution is -2.30. The Labute approximate surface area is 129 Å². The molecule has 1 aromatic rings. The van der Waals surface area contributed by atoms with E-state index in [1.165, 1.54) is 44.6 Å². The minimum absolute atomic E-state index is 0.136. The molecular weight excluding hydrogens is 317 g/mol. The van der Waals surface area contributed by atoms with E-state index in [-0.39, 0.29) is 5.82 Å². The summed E-state index contributed by atoms with van der Waals surface area (Å²) in [4.78, 5) is 0. The van der Waals surface area contributed by atoms with Gasteiger partial charge in [-0.05, 0) is 65.2 Å². The topological polar surface area (TPSA) is 12.0 Å². The van der Waals surface area contributed by atoms with Gasteiger partial charge in [0.15, 0.2) is 0 Å². The second kappa shape index (κ2) is 6.57. The zero-order chi connectivity index (χ0) is 13.9. The summed E-state index contributed by atoms with van der Waals surface area (Å²) in [6.45, 7) is 1.10. The minimum Gasteiger partial charge on any atom is -0.314 e. The van der Waals surface area contributed by atoms with Gasteiger partial charge in [-0.1, -0.05) is 37.8 Å². The third-order valence-corrected chi connectivity index (χ3v) is 5.71. The molecule has 1 aromatic carbocycles. The fourth-order valence-electron chi connectivity index (χ4n) is 3.43. The summed E-state index contributed by atoms with van der Waals surface area (Å²) in [6, 6.07) is 6.18. The van der Waals surface area contributed by atoms with Gasteiger partial charge < -0.3 is 5.32 Å². The van der Waals surface area contributed by atoms with Gasteiger partial charge in [-0.25, -0.2) is 4.39 Å². The van der Waals surface area contributed by atoms with Gasteiger partial charge in [0.25, 0.3) is 0 Å². The summed E-state index contributed by atoms with van der Waals surface area (Å²) < 4.78 is 14.3. The van der Waals surface area contributed by atoms with Crippen LogP contribution in [-0.2, 0) is 6.42 Å². The van der Waals surface area contributed by atoms with E-state index in [9.17, 15) is 4.39 Å². The number of rotatable bonds is 6. The monoisotopic (exact) mass is 339 g/mol. The van der Waals surface area contributed by atoms with Gasteiger partial charge in [-0.15, -0.1) is 0 Å². The van der Waals surface area contributed by atoms with Crippen LogP contribution in [0.25, 0.3) is 0 Å². The highest BCUT2D eigenvalue weighted by molar-refractivity contribution is 9.10. The van der Waals surface area contributed by atoms with Crippen molar-refractivity contribution >= 4 is 15.9 Å². The molecule has 2 aliphatic carbocycles. The molecule has 2 fully saturated rings. The Balaban J connectivity index is 1.68. The lowest BCUT2D eigenvalue weighted by Gasteiger charge is -2.24. The molecule has 0 saturated heterocycles. The lowest BCUT2D eigenvalue weighted by atomic mass is 9.85. The molecule has 0 radical (unpaired) electrons. The zero-order valence-corrected chi connectivity index (χ0v) is 13.5. The van der Waals surface area contributed by atoms with Gasteiger partial charge in [0.2, 0.25) is 0 Å². The molecule has 2 aliphatic rings. The Morgan fingerprint density at radius 1 is 1.20 bits per heavy atom. The Kier molecular flexibility index (Phi) is 4.77. The molecule has 0 amide bonds. The van der Waals surface area contributed by atoms with Crippen molar-refractivity contribution in [2.45, 2.75) is 51.0 Å². The molecule has 1 nitrogen and oxygen atoms in total. The van der Waals surface area contributed by atoms with Crippen molar-refractivity contribution in [1.29, 1.82) is 0 Å². The normalized spacial score (nSPS) is 21.3. The van der Waals surface area contributed by atoms with E-state index in [0.29, 0.717) is 10.4 Å². The maximum Gasteiger partial charge on any atom is 0.137 e. The number of halogens is 2. The van der Waals surface area contributed by atoms with E-state index >= 15 is 0 Å². The van der Waals surface area contributed by atoms with Gasteiger partial charge in [0, 0.05) is 6.04 Å². The number of benzene rings is 1. The third kappa shape index (κ3) is 3.62. The second-order valence-electron chi connectivity index (χ2n) is 6.40. The summed E-state index contributed by atoms with van der Waals surface area (Å²) in [5.74, 6) is 1.33. The average Bonchev–Trinajstić information content (AvgIpc) is 3.11. The number of hydrogen-bond donors (Lipinski definition) is 1. The molecule has 0 aromatic heterocycles. The lowest BCUT2D eigenvalue weighted by molar-refractivity contribution is 0.319. The quantitative estimate of drug-likeness (QED) is 0.792. The summed E-state index contributed by atoms with van der Waals surface area (Å²) >= 11 is 3.41. The first-order valence-corrected chi connectivity index (χ1v) is 8.69. The Hall–Kier alpha value is -0.410. The van der Waals surface area contributed by atoms with Gasteiger partial charge >= 0.3 is 0 Å². The SMILES string of the molecule is Fc1cccc(CC(CNC2CC2)C2CCCC2)c1Br. The first-order chi connectivity index (χ1) is 9.74. The zero-order valence-electron chi connectivity index (χ0n) is 11.9. The fourth-order valence-corrected chi connectivity index (χ4v) is 3.85. The van der Waals surface area contributed by atoms with E-state index in [1.807, 2.05) is 6.07 Å². The average molecular weight is 340 g/mol. The van der Waals surface area contributed by atoms with Gasteiger partial charge in [-0.2, -0.15) is 0 Å². The Bertz CT molecular complexity index is 452. The smallest absolute Gasteiger partial charge is 0.137 e. The molecule has 2 saturated carbocycles. The molecule has 0 bridgehead atoms. The molecule has 3 heteroatoms. The van der Waals surface area contributed by atoms with Crippen LogP contribution in [0.2, 0.25) is 0 Å². The molecule has 1 unspecified atom stereocenters. The number of nitrogens with one attached hydrogen (secondary N) is 1. The van der Waals surface area contributed by atoms with E-state index in [4.69, 9.17) is 0 Å². The molecule has 20 heavy (non-hydrogen) atoms. The highest BCUT2D eigenvalue weighted by Crippen LogP contribution is 2.35. The van der Waals surface area contributed by atoms with Crippen molar-refractivity contribution in [3.05, 3.63) is 34.1 Å². The third-order valence-electron chi connectivity index (χ3n) is 4.83.